The standard InChI is InChI=1S/C24H28F2N4O2/c1-14(2)15-7-9-17(10-8-15)30-13-16-11-21(22(32-3)12-20(16)29-30)28-24(31)19-6-4-5-18(27-19)23(25)26/h4-6,11-15,17,23H,7-10H2,1-3H3,(H,28,31)/t15-,17-. The van der Waals surface area contributed by atoms with Gasteiger partial charge >= 0.3 is 0 Å². The van der Waals surface area contributed by atoms with Gasteiger partial charge in [0, 0.05) is 17.6 Å². The number of halogens is 2. The lowest BCUT2D eigenvalue weighted by molar-refractivity contribution is 0.101. The molecule has 32 heavy (non-hydrogen) atoms. The number of methoxy groups -OCH3 is 1. The molecule has 1 aliphatic rings. The fourth-order valence-corrected chi connectivity index (χ4v) is 4.44. The minimum atomic E-state index is -2.74. The van der Waals surface area contributed by atoms with E-state index >= 15 is 0 Å². The number of ether oxygens (including phenoxy) is 1. The number of amides is 1. The predicted molar refractivity (Wildman–Crippen MR) is 119 cm³/mol. The summed E-state index contributed by atoms with van der Waals surface area (Å²) in [5.74, 6) is 1.35. The number of anilines is 1. The lowest BCUT2D eigenvalue weighted by Crippen LogP contribution is -2.21. The van der Waals surface area contributed by atoms with Crippen molar-refractivity contribution < 1.29 is 18.3 Å². The van der Waals surface area contributed by atoms with Crippen LogP contribution in [-0.4, -0.2) is 27.8 Å². The van der Waals surface area contributed by atoms with Crippen molar-refractivity contribution in [3.63, 3.8) is 0 Å². The van der Waals surface area contributed by atoms with E-state index in [9.17, 15) is 13.6 Å². The van der Waals surface area contributed by atoms with Gasteiger partial charge in [0.25, 0.3) is 12.3 Å². The van der Waals surface area contributed by atoms with E-state index in [1.807, 2.05) is 10.9 Å². The second-order valence-corrected chi connectivity index (χ2v) is 8.74. The Balaban J connectivity index is 1.56. The van der Waals surface area contributed by atoms with E-state index in [0.29, 0.717) is 23.4 Å². The summed E-state index contributed by atoms with van der Waals surface area (Å²) in [7, 11) is 1.51. The SMILES string of the molecule is COc1cc2nn([C@H]3CC[C@H](C(C)C)CC3)cc2cc1NC(=O)c1cccc(C(F)F)n1. The Bertz CT molecular complexity index is 1100. The number of hydrogen-bond donors (Lipinski definition) is 1. The van der Waals surface area contributed by atoms with Gasteiger partial charge in [0.05, 0.1) is 24.4 Å². The summed E-state index contributed by atoms with van der Waals surface area (Å²) in [6.07, 6.45) is 3.87. The molecule has 0 atom stereocenters. The average Bonchev–Trinajstić information content (AvgIpc) is 3.21. The molecule has 0 spiro atoms. The summed E-state index contributed by atoms with van der Waals surface area (Å²) >= 11 is 0. The molecule has 0 saturated heterocycles. The van der Waals surface area contributed by atoms with Gasteiger partial charge in [0.1, 0.15) is 17.1 Å². The number of fused-ring (bicyclic) bond motifs is 1. The van der Waals surface area contributed by atoms with Crippen molar-refractivity contribution in [3.05, 3.63) is 47.9 Å². The maximum atomic E-state index is 12.9. The molecule has 0 unspecified atom stereocenters. The maximum absolute atomic E-state index is 12.9. The summed E-state index contributed by atoms with van der Waals surface area (Å²) < 4.78 is 33.3. The number of alkyl halides is 2. The van der Waals surface area contributed by atoms with Gasteiger partial charge in [-0.25, -0.2) is 13.8 Å². The van der Waals surface area contributed by atoms with E-state index in [2.05, 4.69) is 24.1 Å². The lowest BCUT2D eigenvalue weighted by Gasteiger charge is -2.30. The number of carbonyl (C=O) groups is 1. The number of benzene rings is 1. The zero-order valence-corrected chi connectivity index (χ0v) is 18.5. The smallest absolute Gasteiger partial charge is 0.280 e. The van der Waals surface area contributed by atoms with Crippen LogP contribution in [0.5, 0.6) is 5.75 Å². The van der Waals surface area contributed by atoms with Crippen molar-refractivity contribution in [1.82, 2.24) is 14.8 Å². The minimum absolute atomic E-state index is 0.0810. The Labute approximate surface area is 186 Å². The van der Waals surface area contributed by atoms with E-state index in [1.165, 1.54) is 38.2 Å². The highest BCUT2D eigenvalue weighted by atomic mass is 19.3. The molecule has 1 saturated carbocycles. The van der Waals surface area contributed by atoms with Gasteiger partial charge in [-0.1, -0.05) is 19.9 Å². The minimum Gasteiger partial charge on any atom is -0.494 e. The number of pyridine rings is 1. The van der Waals surface area contributed by atoms with Crippen LogP contribution in [0.4, 0.5) is 14.5 Å². The van der Waals surface area contributed by atoms with Crippen LogP contribution in [0.15, 0.2) is 36.5 Å². The van der Waals surface area contributed by atoms with E-state index in [1.54, 1.807) is 12.1 Å². The van der Waals surface area contributed by atoms with Crippen LogP contribution in [0, 0.1) is 11.8 Å². The third kappa shape index (κ3) is 4.59. The molecule has 1 aliphatic carbocycles. The second kappa shape index (κ2) is 9.22. The third-order valence-electron chi connectivity index (χ3n) is 6.38. The highest BCUT2D eigenvalue weighted by Crippen LogP contribution is 2.37. The van der Waals surface area contributed by atoms with Crippen molar-refractivity contribution in [3.8, 4) is 5.75 Å². The van der Waals surface area contributed by atoms with Crippen LogP contribution in [0.3, 0.4) is 0 Å². The molecular formula is C24H28F2N4O2. The fourth-order valence-electron chi connectivity index (χ4n) is 4.44. The maximum Gasteiger partial charge on any atom is 0.280 e. The molecule has 1 fully saturated rings. The van der Waals surface area contributed by atoms with Gasteiger partial charge in [0.2, 0.25) is 0 Å². The third-order valence-corrected chi connectivity index (χ3v) is 6.38. The zero-order chi connectivity index (χ0) is 22.8. The van der Waals surface area contributed by atoms with E-state index in [0.717, 1.165) is 29.7 Å². The first-order valence-corrected chi connectivity index (χ1v) is 11.0. The summed E-state index contributed by atoms with van der Waals surface area (Å²) in [6.45, 7) is 4.57. The topological polar surface area (TPSA) is 69.0 Å². The molecule has 1 aromatic carbocycles. The quantitative estimate of drug-likeness (QED) is 0.507. The average molecular weight is 443 g/mol. The molecule has 2 aromatic heterocycles. The second-order valence-electron chi connectivity index (χ2n) is 8.74. The zero-order valence-electron chi connectivity index (χ0n) is 18.5. The van der Waals surface area contributed by atoms with Crippen LogP contribution in [0.2, 0.25) is 0 Å². The van der Waals surface area contributed by atoms with Crippen LogP contribution < -0.4 is 10.1 Å². The van der Waals surface area contributed by atoms with Crippen molar-refractivity contribution in [2.45, 2.75) is 52.0 Å². The molecule has 4 rings (SSSR count). The molecule has 3 aromatic rings. The number of nitrogens with zero attached hydrogens (tertiary/aromatic N) is 3. The first-order chi connectivity index (χ1) is 15.4. The van der Waals surface area contributed by atoms with E-state index in [-0.39, 0.29) is 5.69 Å². The van der Waals surface area contributed by atoms with Crippen LogP contribution in [0.1, 0.15) is 68.2 Å². The monoisotopic (exact) mass is 442 g/mol. The Morgan fingerprint density at radius 2 is 1.94 bits per heavy atom. The van der Waals surface area contributed by atoms with Crippen LogP contribution in [0.25, 0.3) is 10.9 Å². The Hall–Kier alpha value is -3.03. The Morgan fingerprint density at radius 3 is 2.59 bits per heavy atom. The first kappa shape index (κ1) is 22.2. The molecule has 0 bridgehead atoms. The Morgan fingerprint density at radius 1 is 1.19 bits per heavy atom. The largest absolute Gasteiger partial charge is 0.494 e. The van der Waals surface area contributed by atoms with Crippen molar-refractivity contribution in [2.24, 2.45) is 11.8 Å². The molecular weight excluding hydrogens is 414 g/mol. The van der Waals surface area contributed by atoms with Gasteiger partial charge in [-0.05, 0) is 55.7 Å². The van der Waals surface area contributed by atoms with E-state index in [4.69, 9.17) is 9.84 Å². The predicted octanol–water partition coefficient (Wildman–Crippen LogP) is 6.02. The number of carbonyl (C=O) groups excluding carboxylic acids is 1. The van der Waals surface area contributed by atoms with E-state index < -0.39 is 18.0 Å². The highest BCUT2D eigenvalue weighted by Gasteiger charge is 2.25. The molecule has 0 aliphatic heterocycles. The molecule has 170 valence electrons. The van der Waals surface area contributed by atoms with Crippen molar-refractivity contribution in [1.29, 1.82) is 0 Å². The number of nitrogens with one attached hydrogen (secondary N) is 1. The molecule has 1 amide bonds. The number of rotatable bonds is 6. The summed E-state index contributed by atoms with van der Waals surface area (Å²) in [5.41, 5.74) is 0.706. The molecule has 2 heterocycles. The first-order valence-electron chi connectivity index (χ1n) is 11.0. The molecule has 1 N–H and O–H groups in total. The summed E-state index contributed by atoms with van der Waals surface area (Å²) in [5, 5.41) is 8.36. The summed E-state index contributed by atoms with van der Waals surface area (Å²) in [4.78, 5) is 16.4. The highest BCUT2D eigenvalue weighted by molar-refractivity contribution is 6.05. The van der Waals surface area contributed by atoms with Crippen LogP contribution in [-0.2, 0) is 0 Å². The van der Waals surface area contributed by atoms with Gasteiger partial charge in [-0.2, -0.15) is 5.10 Å². The van der Waals surface area contributed by atoms with Gasteiger partial charge in [-0.3, -0.25) is 9.48 Å². The van der Waals surface area contributed by atoms with Gasteiger partial charge in [0.15, 0.2) is 0 Å². The van der Waals surface area contributed by atoms with Crippen LogP contribution >= 0.6 is 0 Å². The fraction of sp³-hybridized carbons (Fsp3) is 0.458. The number of hydrogen-bond acceptors (Lipinski definition) is 4. The number of aromatic nitrogens is 3. The lowest BCUT2D eigenvalue weighted by atomic mass is 9.80. The van der Waals surface area contributed by atoms with Crippen molar-refractivity contribution >= 4 is 22.5 Å². The molecule has 0 radical (unpaired) electrons. The molecule has 8 heteroatoms. The van der Waals surface area contributed by atoms with Gasteiger partial charge < -0.3 is 10.1 Å². The van der Waals surface area contributed by atoms with Gasteiger partial charge in [-0.15, -0.1) is 0 Å². The van der Waals surface area contributed by atoms with Crippen molar-refractivity contribution in [2.75, 3.05) is 12.4 Å². The normalized spacial score (nSPS) is 19.0. The Kier molecular flexibility index (Phi) is 6.39. The molecule has 6 nitrogen and oxygen atoms in total. The summed E-state index contributed by atoms with van der Waals surface area (Å²) in [6, 6.07) is 7.93.